The first kappa shape index (κ1) is 86.8. The number of carbonyl (C=O) groups is 3. The van der Waals surface area contributed by atoms with Crippen molar-refractivity contribution in [2.75, 3.05) is 175 Å². The minimum atomic E-state index is -3.55. The molecule has 0 radical (unpaired) electrons. The van der Waals surface area contributed by atoms with Gasteiger partial charge in [0.15, 0.2) is 39.7 Å². The maximum Gasteiger partial charge on any atom is 0.255 e. The number of amides is 3. The third-order valence-corrected chi connectivity index (χ3v) is 28.0. The van der Waals surface area contributed by atoms with Crippen molar-refractivity contribution in [3.63, 3.8) is 0 Å². The number of hydrogen-bond donors (Lipinski definition) is 0. The summed E-state index contributed by atoms with van der Waals surface area (Å²) in [5.74, 6) is 4.96. The number of benzene rings is 6. The number of anilines is 3. The van der Waals surface area contributed by atoms with E-state index in [1.54, 1.807) is 91.6 Å². The van der Waals surface area contributed by atoms with E-state index in [1.807, 2.05) is 119 Å². The first-order valence-electron chi connectivity index (χ1n) is 41.4. The molecule has 0 saturated carbocycles. The number of methoxy groups -OCH3 is 6. The summed E-state index contributed by atoms with van der Waals surface area (Å²) in [7, 11) is 9.96. The molecule has 3 aromatic heterocycles. The molecule has 119 heavy (non-hydrogen) atoms. The van der Waals surface area contributed by atoms with Crippen LogP contribution in [0.2, 0.25) is 0 Å². The predicted molar refractivity (Wildman–Crippen MR) is 468 cm³/mol. The van der Waals surface area contributed by atoms with Gasteiger partial charge in [0, 0.05) is 186 Å². The van der Waals surface area contributed by atoms with Gasteiger partial charge < -0.3 is 72.5 Å². The SMILES string of the molecule is CCN1CCN(c2cccc3c2CN([C@H](CCCSc2nc(C)cc(C)n2)c2ccc(OC)c(OC)c2)C3=O)CC1.CCN1CCN(c2cccc3c2CN([C@H](CCCn2cncn2)c2ccc(OC)c(OC)c2)C3=O)CC1.COc1ccc([C@@H](CCCN(C)S(=O)(=O)c2cccs2)N2Cc3c(cccc3N3CCN(C)CC3)C2=O)cc1OC. The number of sulfonamides is 1. The summed E-state index contributed by atoms with van der Waals surface area (Å²) < 4.78 is 62.8. The number of fused-ring (bicyclic) bond motifs is 3. The highest BCUT2D eigenvalue weighted by molar-refractivity contribution is 7.99. The van der Waals surface area contributed by atoms with Gasteiger partial charge in [-0.1, -0.05) is 68.1 Å². The Hall–Kier alpha value is -10.0. The molecule has 3 fully saturated rings. The van der Waals surface area contributed by atoms with Crippen molar-refractivity contribution in [1.82, 2.24) is 58.4 Å². The number of carbonyl (C=O) groups excluding carboxylic acids is 3. The molecule has 634 valence electrons. The Kier molecular flexibility index (Phi) is 29.5. The first-order chi connectivity index (χ1) is 57.8. The maximum absolute atomic E-state index is 14.0. The molecule has 15 rings (SSSR count). The number of aromatic nitrogens is 5. The second-order valence-electron chi connectivity index (χ2n) is 30.9. The van der Waals surface area contributed by atoms with E-state index in [-0.39, 0.29) is 35.8 Å². The van der Waals surface area contributed by atoms with Crippen molar-refractivity contribution >= 4 is 67.9 Å². The van der Waals surface area contributed by atoms with Crippen LogP contribution in [-0.2, 0) is 36.2 Å². The van der Waals surface area contributed by atoms with E-state index in [4.69, 9.17) is 28.4 Å². The Morgan fingerprint density at radius 2 is 0.891 bits per heavy atom. The van der Waals surface area contributed by atoms with Gasteiger partial charge in [-0.15, -0.1) is 11.3 Å². The predicted octanol–water partition coefficient (Wildman–Crippen LogP) is 13.5. The lowest BCUT2D eigenvalue weighted by molar-refractivity contribution is 0.0680. The Labute approximate surface area is 709 Å². The van der Waals surface area contributed by atoms with Crippen LogP contribution in [0.25, 0.3) is 0 Å². The molecule has 26 nitrogen and oxygen atoms in total. The molecule has 3 saturated heterocycles. The average Bonchev–Trinajstić information content (AvgIpc) is 1.63. The van der Waals surface area contributed by atoms with Gasteiger partial charge >= 0.3 is 0 Å². The van der Waals surface area contributed by atoms with E-state index in [0.717, 1.165) is 202 Å². The topological polar surface area (TPSA) is 230 Å². The van der Waals surface area contributed by atoms with Gasteiger partial charge in [-0.2, -0.15) is 5.10 Å². The summed E-state index contributed by atoms with van der Waals surface area (Å²) in [5, 5.41) is 6.81. The van der Waals surface area contributed by atoms with Gasteiger partial charge in [0.2, 0.25) is 0 Å². The molecule has 6 aromatic carbocycles. The standard InChI is InChI=1S/C32H41N5O3S.C30H38N4O5S2.C28H36N6O3/c1-6-35-14-16-36(17-15-35)28-10-7-9-25-26(28)21-37(31(25)38)27(24-12-13-29(39-4)30(20-24)40-5)11-8-18-41-32-33-22(2)19-23(3)34-32;1-31-15-17-33(18-16-31)26-9-5-8-23-24(26)21-34(30(23)35)25(22-12-13-27(38-3)28(20-22)39-4)10-6-14-32(2)41(36,37)29-11-7-19-40-29;1-4-31-13-15-32(16-14-31)25-8-5-7-22-23(25)18-34(28(22)35)24(9-6-12-33-20-29-19-30-33)21-10-11-26(36-2)27(17-21)37-3/h7,9-10,12-13,19-20,27H,6,8,11,14-18,21H2,1-5H3;5,7-9,11-13,19-20,25H,6,10,14-18,21H2,1-4H3;5,7-8,10-11,17,19-20,24H,4,6,9,12-16,18H2,1-3H3/t27-;25-;24-/m111/s1. The van der Waals surface area contributed by atoms with Crippen LogP contribution in [0.15, 0.2) is 155 Å². The molecule has 0 N–H and O–H groups in total. The summed E-state index contributed by atoms with van der Waals surface area (Å²) in [6.45, 7) is 25.3. The zero-order valence-electron chi connectivity index (χ0n) is 70.9. The van der Waals surface area contributed by atoms with E-state index in [9.17, 15) is 22.8 Å². The molecule has 9 heterocycles. The van der Waals surface area contributed by atoms with E-state index in [1.165, 1.54) is 27.0 Å². The monoisotopic (exact) mass is 1680 g/mol. The van der Waals surface area contributed by atoms with Crippen molar-refractivity contribution in [2.24, 2.45) is 0 Å². The van der Waals surface area contributed by atoms with E-state index in [0.29, 0.717) is 77.7 Å². The zero-order chi connectivity index (χ0) is 83.9. The molecule has 3 atom stereocenters. The van der Waals surface area contributed by atoms with Gasteiger partial charge in [0.1, 0.15) is 16.9 Å². The Morgan fingerprint density at radius 3 is 1.27 bits per heavy atom. The highest BCUT2D eigenvalue weighted by Crippen LogP contribution is 2.46. The van der Waals surface area contributed by atoms with Gasteiger partial charge in [0.05, 0.1) is 60.8 Å². The number of ether oxygens (including phenoxy) is 6. The third-order valence-electron chi connectivity index (χ3n) is 23.8. The van der Waals surface area contributed by atoms with Crippen molar-refractivity contribution in [3.05, 3.63) is 207 Å². The lowest BCUT2D eigenvalue weighted by Crippen LogP contribution is -2.46. The van der Waals surface area contributed by atoms with Crippen LogP contribution in [0.5, 0.6) is 34.5 Å². The summed E-state index contributed by atoms with van der Waals surface area (Å²) >= 11 is 2.89. The molecule has 0 spiro atoms. The number of hydrogen-bond acceptors (Lipinski definition) is 23. The number of piperazine rings is 3. The fourth-order valence-electron chi connectivity index (χ4n) is 17.2. The lowest BCUT2D eigenvalue weighted by Gasteiger charge is -2.36. The molecule has 0 bridgehead atoms. The second kappa shape index (κ2) is 40.4. The number of rotatable bonds is 32. The van der Waals surface area contributed by atoms with Crippen LogP contribution in [0, 0.1) is 13.8 Å². The first-order valence-corrected chi connectivity index (χ1v) is 44.7. The third kappa shape index (κ3) is 20.0. The van der Waals surface area contributed by atoms with Gasteiger partial charge in [-0.05, 0) is 180 Å². The van der Waals surface area contributed by atoms with E-state index >= 15 is 0 Å². The normalized spacial score (nSPS) is 16.5. The van der Waals surface area contributed by atoms with Crippen LogP contribution in [-0.4, -0.2) is 245 Å². The molecule has 6 aliphatic rings. The van der Waals surface area contributed by atoms with Crippen molar-refractivity contribution in [3.8, 4) is 34.5 Å². The van der Waals surface area contributed by atoms with Crippen LogP contribution >= 0.6 is 23.1 Å². The van der Waals surface area contributed by atoms with Gasteiger partial charge in [-0.25, -0.2) is 27.7 Å². The summed E-state index contributed by atoms with van der Waals surface area (Å²) in [5.41, 5.74) is 14.2. The number of thiophene rings is 1. The number of aryl methyl sites for hydroxylation is 3. The maximum atomic E-state index is 14.0. The van der Waals surface area contributed by atoms with Crippen molar-refractivity contribution in [1.29, 1.82) is 0 Å². The van der Waals surface area contributed by atoms with Crippen molar-refractivity contribution < 1.29 is 51.2 Å². The fourth-order valence-corrected chi connectivity index (χ4v) is 20.5. The highest BCUT2D eigenvalue weighted by Gasteiger charge is 2.41. The number of thioether (sulfide) groups is 1. The Morgan fingerprint density at radius 1 is 0.487 bits per heavy atom. The van der Waals surface area contributed by atoms with E-state index < -0.39 is 10.0 Å². The minimum absolute atomic E-state index is 0.00433. The van der Waals surface area contributed by atoms with Crippen LogP contribution < -0.4 is 43.1 Å². The zero-order valence-corrected chi connectivity index (χ0v) is 73.3. The molecule has 6 aliphatic heterocycles. The Bertz CT molecular complexity index is 5020. The molecule has 9 aromatic rings. The summed E-state index contributed by atoms with van der Waals surface area (Å²) in [6, 6.07) is 41.0. The molecule has 29 heteroatoms. The van der Waals surface area contributed by atoms with Gasteiger partial charge in [-0.3, -0.25) is 19.1 Å². The highest BCUT2D eigenvalue weighted by atomic mass is 32.2. The van der Waals surface area contributed by atoms with Crippen LogP contribution in [0.1, 0.15) is 146 Å². The Balaban J connectivity index is 0.000000155. The average molecular weight is 1680 g/mol. The van der Waals surface area contributed by atoms with E-state index in [2.05, 4.69) is 99.5 Å². The second-order valence-corrected chi connectivity index (χ2v) is 35.1. The molecule has 0 aliphatic carbocycles. The van der Waals surface area contributed by atoms with Gasteiger partial charge in [0.25, 0.3) is 27.7 Å². The fraction of sp³-hybridized carbons (Fsp3) is 0.456. The van der Waals surface area contributed by atoms with Crippen LogP contribution in [0.3, 0.4) is 0 Å². The number of likely N-dealkylation sites (N-methyl/N-ethyl adjacent to an activating group) is 3. The molecular formula is C90H115N15O11S3. The number of nitrogens with zero attached hydrogens (tertiary/aromatic N) is 15. The molecular weight excluding hydrogens is 1560 g/mol. The largest absolute Gasteiger partial charge is 0.493 e. The van der Waals surface area contributed by atoms with Crippen LogP contribution in [0.4, 0.5) is 17.1 Å². The summed E-state index contributed by atoms with van der Waals surface area (Å²) in [4.78, 5) is 75.5. The summed E-state index contributed by atoms with van der Waals surface area (Å²) in [6.07, 6.45) is 7.81. The smallest absolute Gasteiger partial charge is 0.255 e. The molecule has 0 unspecified atom stereocenters. The lowest BCUT2D eigenvalue weighted by atomic mass is 9.99. The van der Waals surface area contributed by atoms with Crippen molar-refractivity contribution in [2.45, 2.75) is 120 Å². The quantitative estimate of drug-likeness (QED) is 0.0217. The molecule has 3 amide bonds. The minimum Gasteiger partial charge on any atom is -0.493 e.